The summed E-state index contributed by atoms with van der Waals surface area (Å²) in [6.07, 6.45) is 29.8. The molecule has 4 aliphatic rings. The second-order valence-electron chi connectivity index (χ2n) is 23.4. The van der Waals surface area contributed by atoms with Gasteiger partial charge in [0, 0.05) is 53.0 Å². The van der Waals surface area contributed by atoms with E-state index in [1.54, 1.807) is 12.1 Å². The molecule has 3 aromatic heterocycles. The van der Waals surface area contributed by atoms with Crippen LogP contribution in [0.1, 0.15) is 134 Å². The van der Waals surface area contributed by atoms with Crippen LogP contribution >= 0.6 is 0 Å². The summed E-state index contributed by atoms with van der Waals surface area (Å²) in [6, 6.07) is 38.3. The van der Waals surface area contributed by atoms with Crippen LogP contribution in [0, 0.1) is 93.6 Å². The molecule has 4 saturated carbocycles. The summed E-state index contributed by atoms with van der Waals surface area (Å²) in [7, 11) is 0. The summed E-state index contributed by atoms with van der Waals surface area (Å²) in [4.78, 5) is 19.0. The number of hydrogen-bond donors (Lipinski definition) is 2. The van der Waals surface area contributed by atoms with Gasteiger partial charge in [0.15, 0.2) is 0 Å². The first-order valence-electron chi connectivity index (χ1n) is 30.1. The van der Waals surface area contributed by atoms with Crippen LogP contribution in [0.15, 0.2) is 156 Å². The first-order valence-corrected chi connectivity index (χ1v) is 30.1. The quantitative estimate of drug-likeness (QED) is 0.0853. The van der Waals surface area contributed by atoms with Crippen molar-refractivity contribution in [2.75, 3.05) is 13.2 Å². The summed E-state index contributed by atoms with van der Waals surface area (Å²) >= 11 is 0. The number of pyridine rings is 3. The lowest BCUT2D eigenvalue weighted by atomic mass is 9.57. The maximum Gasteiger partial charge on any atom is 0.123 e. The van der Waals surface area contributed by atoms with Gasteiger partial charge in [-0.1, -0.05) is 156 Å². The molecule has 11 atom stereocenters. The van der Waals surface area contributed by atoms with Crippen molar-refractivity contribution in [1.29, 1.82) is 10.5 Å². The van der Waals surface area contributed by atoms with Crippen LogP contribution in [-0.4, -0.2) is 49.9 Å². The lowest BCUT2D eigenvalue weighted by Gasteiger charge is -2.48. The van der Waals surface area contributed by atoms with E-state index >= 15 is 0 Å². The highest BCUT2D eigenvalue weighted by molar-refractivity contribution is 5.86. The first-order chi connectivity index (χ1) is 40.4. The minimum absolute atomic E-state index is 0.227. The molecule has 0 saturated heterocycles. The summed E-state index contributed by atoms with van der Waals surface area (Å²) in [5.74, 6) is 5.81. The fourth-order valence-electron chi connectivity index (χ4n) is 13.2. The molecule has 4 aliphatic carbocycles. The van der Waals surface area contributed by atoms with Crippen molar-refractivity contribution in [2.45, 2.75) is 106 Å². The maximum absolute atomic E-state index is 13.5. The molecule has 0 bridgehead atoms. The highest BCUT2D eigenvalue weighted by Gasteiger charge is 2.43. The number of halogens is 1. The number of nitrogens with zero attached hydrogens (tertiary/aromatic N) is 7. The lowest BCUT2D eigenvalue weighted by molar-refractivity contribution is 0.00715. The van der Waals surface area contributed by atoms with E-state index in [1.165, 1.54) is 38.2 Å². The number of aromatic nitrogens is 3. The predicted octanol–water partition coefficient (Wildman–Crippen LogP) is 17.2. The van der Waals surface area contributed by atoms with Gasteiger partial charge in [-0.2, -0.15) is 10.5 Å². The molecule has 10 rings (SSSR count). The highest BCUT2D eigenvalue weighted by atomic mass is 19.1. The molecule has 3 heterocycles. The van der Waals surface area contributed by atoms with Gasteiger partial charge in [-0.3, -0.25) is 15.0 Å². The van der Waals surface area contributed by atoms with Crippen molar-refractivity contribution in [3.05, 3.63) is 180 Å². The standard InChI is InChI=1S/C26H32FNO.C24H27N3O.C22H23N3O/c1-2-24-21(17-29)14-19-6-3-4-9-25(19)26(24)13-12-23-11-10-20(16-28-23)18-7-5-8-22(27)15-18;1-4-28-27-23-13-17(2)18(3)19(14-23)9-11-22-12-10-21(16-26-22)24-8-6-5-7-20(24)15-25;1-15-11-21(25-26)12-17(16(15)2)7-9-20-10-8-19(14-24-20)22-6-4-3-5-18(22)13-23/h5,7-8,10-13,15-16,19,21,24-26,29H,2-4,6,9,14,17H2,1H3;5-12,16-19H,4,13-14H2,1-3H3;3-10,14-17,26H,11-12H2,1-2H3/b13-12+;11-9+,27-23?;9-7+,25-21?/t19-,21-,24-,25+,26+;17-,18+,19+;15-,16+,17+/m000/s1. The number of aliphatic hydroxyl groups excluding tert-OH is 1. The Labute approximate surface area is 492 Å². The van der Waals surface area contributed by atoms with Gasteiger partial charge in [-0.15, -0.1) is 0 Å². The third-order valence-corrected chi connectivity index (χ3v) is 18.3. The molecule has 6 aromatic rings. The molecule has 0 aliphatic heterocycles. The molecule has 83 heavy (non-hydrogen) atoms. The largest absolute Gasteiger partial charge is 0.411 e. The minimum Gasteiger partial charge on any atom is -0.411 e. The van der Waals surface area contributed by atoms with Crippen molar-refractivity contribution in [3.63, 3.8) is 0 Å². The van der Waals surface area contributed by atoms with Gasteiger partial charge >= 0.3 is 0 Å². The number of fused-ring (bicyclic) bond motifs is 1. The van der Waals surface area contributed by atoms with Crippen LogP contribution in [0.4, 0.5) is 4.39 Å². The van der Waals surface area contributed by atoms with Crippen molar-refractivity contribution in [2.24, 2.45) is 75.4 Å². The Bertz CT molecular complexity index is 3280. The third kappa shape index (κ3) is 16.2. The van der Waals surface area contributed by atoms with Gasteiger partial charge in [-0.25, -0.2) is 4.39 Å². The van der Waals surface area contributed by atoms with Gasteiger partial charge in [-0.05, 0) is 177 Å². The average Bonchev–Trinajstić information content (AvgIpc) is 3.64. The molecule has 0 unspecified atom stereocenters. The lowest BCUT2D eigenvalue weighted by Crippen LogP contribution is -2.41. The van der Waals surface area contributed by atoms with Gasteiger partial charge in [0.05, 0.1) is 51.8 Å². The van der Waals surface area contributed by atoms with Crippen LogP contribution in [-0.2, 0) is 4.84 Å². The molecule has 0 radical (unpaired) electrons. The fraction of sp³-hybridized carbons (Fsp3) is 0.403. The molecule has 0 amide bonds. The Morgan fingerprint density at radius 3 is 1.66 bits per heavy atom. The van der Waals surface area contributed by atoms with Gasteiger partial charge in [0.2, 0.25) is 0 Å². The van der Waals surface area contributed by atoms with Crippen LogP contribution in [0.3, 0.4) is 0 Å². The topological polar surface area (TPSA) is 161 Å². The SMILES string of the molecule is CCON=C1C[C@@H](/C=C/c2ccc(-c3ccccc3C#N)cn2)[C@H](C)[C@@H](C)C1.CC[C@H]1[C@H](CO)C[C@@H]2CCCC[C@H]2[C@@H]1/C=C/c1ccc(-c2cccc(F)c2)cn1.C[C@H]1[C@H](/C=C/c2ccc(-c3ccccc3C#N)cn2)CC(=NO)C[C@@H]1C. The maximum atomic E-state index is 13.5. The molecule has 11 heteroatoms. The van der Waals surface area contributed by atoms with Gasteiger partial charge in [0.1, 0.15) is 12.4 Å². The van der Waals surface area contributed by atoms with E-state index in [4.69, 9.17) is 10.0 Å². The number of rotatable bonds is 13. The van der Waals surface area contributed by atoms with Gasteiger partial charge < -0.3 is 15.2 Å². The molecule has 4 fully saturated rings. The van der Waals surface area contributed by atoms with Crippen molar-refractivity contribution >= 4 is 29.7 Å². The number of hydrogen-bond acceptors (Lipinski definition) is 10. The number of oxime groups is 2. The Balaban J connectivity index is 0.000000163. The minimum atomic E-state index is -0.227. The zero-order valence-electron chi connectivity index (χ0n) is 49.2. The molecule has 430 valence electrons. The number of allylic oxidation sites excluding steroid dienone is 3. The summed E-state index contributed by atoms with van der Waals surface area (Å²) in [5, 5.41) is 45.3. The Morgan fingerprint density at radius 1 is 0.627 bits per heavy atom. The Kier molecular flexibility index (Phi) is 22.5. The van der Waals surface area contributed by atoms with E-state index < -0.39 is 0 Å². The Morgan fingerprint density at radius 2 is 1.16 bits per heavy atom. The molecule has 10 nitrogen and oxygen atoms in total. The van der Waals surface area contributed by atoms with Crippen LogP contribution in [0.5, 0.6) is 0 Å². The highest BCUT2D eigenvalue weighted by Crippen LogP contribution is 2.50. The van der Waals surface area contributed by atoms with Crippen LogP contribution < -0.4 is 0 Å². The van der Waals surface area contributed by atoms with Crippen molar-refractivity contribution in [1.82, 2.24) is 15.0 Å². The zero-order valence-corrected chi connectivity index (χ0v) is 49.2. The summed E-state index contributed by atoms with van der Waals surface area (Å²) < 4.78 is 13.5. The average molecular weight is 1110 g/mol. The van der Waals surface area contributed by atoms with E-state index in [9.17, 15) is 20.0 Å². The zero-order chi connectivity index (χ0) is 58.7. The van der Waals surface area contributed by atoms with Crippen molar-refractivity contribution < 1.29 is 19.5 Å². The van der Waals surface area contributed by atoms with E-state index in [1.807, 2.05) is 123 Å². The van der Waals surface area contributed by atoms with Crippen molar-refractivity contribution in [3.8, 4) is 45.5 Å². The Hall–Kier alpha value is -7.86. The van der Waals surface area contributed by atoms with Crippen LogP contribution in [0.2, 0.25) is 0 Å². The normalized spacial score (nSPS) is 26.1. The van der Waals surface area contributed by atoms with E-state index in [2.05, 4.69) is 102 Å². The molecule has 3 aromatic carbocycles. The van der Waals surface area contributed by atoms with E-state index in [-0.39, 0.29) is 5.82 Å². The number of aliphatic hydroxyl groups is 1. The number of benzene rings is 3. The third-order valence-electron chi connectivity index (χ3n) is 18.3. The summed E-state index contributed by atoms with van der Waals surface area (Å²) in [5.41, 5.74) is 11.6. The van der Waals surface area contributed by atoms with Gasteiger partial charge in [0.25, 0.3) is 0 Å². The monoisotopic (exact) mass is 1110 g/mol. The first kappa shape index (κ1) is 61.2. The molecular weight excluding hydrogens is 1030 g/mol. The van der Waals surface area contributed by atoms with Crippen LogP contribution in [0.25, 0.3) is 51.6 Å². The molecule has 2 N–H and O–H groups in total. The summed E-state index contributed by atoms with van der Waals surface area (Å²) in [6.45, 7) is 14.2. The van der Waals surface area contributed by atoms with E-state index in [0.717, 1.165) is 106 Å². The molecule has 0 spiro atoms. The predicted molar refractivity (Wildman–Crippen MR) is 334 cm³/mol. The fourth-order valence-corrected chi connectivity index (χ4v) is 13.2. The molecular formula is C72H82FN7O3. The van der Waals surface area contributed by atoms with E-state index in [0.29, 0.717) is 77.6 Å². The second kappa shape index (κ2) is 30.4. The second-order valence-corrected chi connectivity index (χ2v) is 23.4. The smallest absolute Gasteiger partial charge is 0.123 e. The number of nitriles is 2.